The number of pyridine rings is 1. The molecule has 18 heavy (non-hydrogen) atoms. The number of carbonyl (C=O) groups excluding carboxylic acids is 1. The maximum Gasteiger partial charge on any atom is 0.338 e. The van der Waals surface area contributed by atoms with Crippen molar-refractivity contribution < 1.29 is 14.7 Å². The lowest BCUT2D eigenvalue weighted by Crippen LogP contribution is -2.43. The molecule has 0 saturated heterocycles. The second-order valence-electron chi connectivity index (χ2n) is 4.81. The molecule has 0 saturated carbocycles. The van der Waals surface area contributed by atoms with E-state index >= 15 is 0 Å². The number of rotatable bonds is 5. The third-order valence-electron chi connectivity index (χ3n) is 2.62. The summed E-state index contributed by atoms with van der Waals surface area (Å²) in [6.07, 6.45) is 4.36. The number of hydrogen-bond acceptors (Lipinski definition) is 3. The van der Waals surface area contributed by atoms with Crippen molar-refractivity contribution in [2.45, 2.75) is 39.2 Å². The molecule has 0 aliphatic carbocycles. The molecule has 5 nitrogen and oxygen atoms in total. The Hall–Kier alpha value is -1.91. The summed E-state index contributed by atoms with van der Waals surface area (Å²) >= 11 is 0. The molecule has 0 fully saturated rings. The van der Waals surface area contributed by atoms with Crippen LogP contribution in [0.25, 0.3) is 0 Å². The van der Waals surface area contributed by atoms with Gasteiger partial charge in [-0.2, -0.15) is 0 Å². The summed E-state index contributed by atoms with van der Waals surface area (Å²) in [6.45, 7) is 5.86. The second-order valence-corrected chi connectivity index (χ2v) is 4.81. The number of amides is 1. The van der Waals surface area contributed by atoms with Crippen LogP contribution in [0.1, 0.15) is 54.3 Å². The Morgan fingerprint density at radius 3 is 2.61 bits per heavy atom. The van der Waals surface area contributed by atoms with Crippen LogP contribution in [0.2, 0.25) is 0 Å². The Morgan fingerprint density at radius 2 is 2.06 bits per heavy atom. The van der Waals surface area contributed by atoms with Crippen LogP contribution in [0.3, 0.4) is 0 Å². The molecule has 0 aromatic carbocycles. The van der Waals surface area contributed by atoms with Crippen LogP contribution in [-0.4, -0.2) is 27.5 Å². The van der Waals surface area contributed by atoms with Gasteiger partial charge in [-0.15, -0.1) is 0 Å². The maximum absolute atomic E-state index is 12.1. The molecule has 1 heterocycles. The van der Waals surface area contributed by atoms with Crippen LogP contribution < -0.4 is 5.32 Å². The number of aromatic carboxylic acids is 1. The van der Waals surface area contributed by atoms with E-state index in [4.69, 9.17) is 5.11 Å². The molecular weight excluding hydrogens is 232 g/mol. The van der Waals surface area contributed by atoms with Crippen molar-refractivity contribution in [3.63, 3.8) is 0 Å². The number of nitrogens with one attached hydrogen (secondary N) is 1. The minimum Gasteiger partial charge on any atom is -0.478 e. The van der Waals surface area contributed by atoms with Gasteiger partial charge in [0.2, 0.25) is 0 Å². The van der Waals surface area contributed by atoms with Crippen LogP contribution >= 0.6 is 0 Å². The minimum atomic E-state index is -1.15. The molecule has 5 heteroatoms. The zero-order chi connectivity index (χ0) is 13.8. The van der Waals surface area contributed by atoms with Gasteiger partial charge in [-0.25, -0.2) is 4.79 Å². The molecule has 1 amide bonds. The van der Waals surface area contributed by atoms with E-state index in [2.05, 4.69) is 10.3 Å². The molecule has 0 bridgehead atoms. The van der Waals surface area contributed by atoms with Gasteiger partial charge in [0.25, 0.3) is 5.91 Å². The standard InChI is InChI=1S/C13H18N2O3/c1-4-6-13(2,3)15-11(16)9-5-7-14-8-10(9)12(17)18/h5,7-8H,4,6H2,1-3H3,(H,15,16)(H,17,18). The average Bonchev–Trinajstić information content (AvgIpc) is 2.28. The lowest BCUT2D eigenvalue weighted by molar-refractivity contribution is 0.0689. The Morgan fingerprint density at radius 1 is 1.39 bits per heavy atom. The zero-order valence-electron chi connectivity index (χ0n) is 10.9. The smallest absolute Gasteiger partial charge is 0.338 e. The summed E-state index contributed by atoms with van der Waals surface area (Å²) in [5.41, 5.74) is -0.297. The van der Waals surface area contributed by atoms with Gasteiger partial charge < -0.3 is 10.4 Å². The average molecular weight is 250 g/mol. The minimum absolute atomic E-state index is 0.0812. The monoisotopic (exact) mass is 250 g/mol. The van der Waals surface area contributed by atoms with Crippen molar-refractivity contribution in [3.05, 3.63) is 29.6 Å². The molecular formula is C13H18N2O3. The summed E-state index contributed by atoms with van der Waals surface area (Å²) in [7, 11) is 0. The van der Waals surface area contributed by atoms with Gasteiger partial charge in [-0.1, -0.05) is 13.3 Å². The fourth-order valence-electron chi connectivity index (χ4n) is 1.83. The molecule has 1 rings (SSSR count). The first-order valence-corrected chi connectivity index (χ1v) is 5.87. The van der Waals surface area contributed by atoms with E-state index in [0.29, 0.717) is 0 Å². The zero-order valence-corrected chi connectivity index (χ0v) is 10.9. The van der Waals surface area contributed by atoms with Crippen molar-refractivity contribution in [3.8, 4) is 0 Å². The maximum atomic E-state index is 12.1. The molecule has 1 aromatic heterocycles. The summed E-state index contributed by atoms with van der Waals surface area (Å²) in [5, 5.41) is 11.8. The fourth-order valence-corrected chi connectivity index (χ4v) is 1.83. The molecule has 0 radical (unpaired) electrons. The van der Waals surface area contributed by atoms with E-state index < -0.39 is 5.97 Å². The lowest BCUT2D eigenvalue weighted by Gasteiger charge is -2.26. The first kappa shape index (κ1) is 14.2. The van der Waals surface area contributed by atoms with Crippen molar-refractivity contribution in [2.75, 3.05) is 0 Å². The number of nitrogens with zero attached hydrogens (tertiary/aromatic N) is 1. The number of carboxylic acid groups (broad SMARTS) is 1. The highest BCUT2D eigenvalue weighted by molar-refractivity contribution is 6.04. The topological polar surface area (TPSA) is 79.3 Å². The number of aromatic nitrogens is 1. The van der Waals surface area contributed by atoms with Gasteiger partial charge in [-0.05, 0) is 26.3 Å². The number of hydrogen-bond donors (Lipinski definition) is 2. The van der Waals surface area contributed by atoms with Crippen molar-refractivity contribution in [1.82, 2.24) is 10.3 Å². The SMILES string of the molecule is CCCC(C)(C)NC(=O)c1ccncc1C(=O)O. The van der Waals surface area contributed by atoms with Crippen LogP contribution in [0.5, 0.6) is 0 Å². The Labute approximate surface area is 106 Å². The Kier molecular flexibility index (Phi) is 4.42. The van der Waals surface area contributed by atoms with Crippen molar-refractivity contribution in [1.29, 1.82) is 0 Å². The fraction of sp³-hybridized carbons (Fsp3) is 0.462. The normalized spacial score (nSPS) is 11.1. The van der Waals surface area contributed by atoms with E-state index in [0.717, 1.165) is 12.8 Å². The highest BCUT2D eigenvalue weighted by Gasteiger charge is 2.23. The second kappa shape index (κ2) is 5.62. The molecule has 0 unspecified atom stereocenters. The van der Waals surface area contributed by atoms with Gasteiger partial charge in [0.05, 0.1) is 11.1 Å². The van der Waals surface area contributed by atoms with E-state index in [9.17, 15) is 9.59 Å². The summed E-state index contributed by atoms with van der Waals surface area (Å²) in [6, 6.07) is 1.42. The van der Waals surface area contributed by atoms with Crippen molar-refractivity contribution >= 4 is 11.9 Å². The van der Waals surface area contributed by atoms with E-state index in [1.54, 1.807) is 0 Å². The first-order valence-electron chi connectivity index (χ1n) is 5.87. The van der Waals surface area contributed by atoms with Gasteiger partial charge in [0, 0.05) is 17.9 Å². The van der Waals surface area contributed by atoms with Gasteiger partial charge in [0.15, 0.2) is 0 Å². The molecule has 98 valence electrons. The van der Waals surface area contributed by atoms with E-state index in [1.807, 2.05) is 20.8 Å². The van der Waals surface area contributed by atoms with Crippen LogP contribution in [0.15, 0.2) is 18.5 Å². The van der Waals surface area contributed by atoms with Gasteiger partial charge >= 0.3 is 5.97 Å². The number of carboxylic acids is 1. The molecule has 0 aliphatic heterocycles. The molecule has 0 spiro atoms. The molecule has 0 atom stereocenters. The first-order chi connectivity index (χ1) is 8.37. The van der Waals surface area contributed by atoms with Crippen LogP contribution in [0.4, 0.5) is 0 Å². The highest BCUT2D eigenvalue weighted by Crippen LogP contribution is 2.14. The highest BCUT2D eigenvalue weighted by atomic mass is 16.4. The predicted octanol–water partition coefficient (Wildman–Crippen LogP) is 2.09. The Bertz CT molecular complexity index is 455. The van der Waals surface area contributed by atoms with Crippen molar-refractivity contribution in [2.24, 2.45) is 0 Å². The summed E-state index contributed by atoms with van der Waals surface area (Å²) in [5.74, 6) is -1.53. The third-order valence-corrected chi connectivity index (χ3v) is 2.62. The van der Waals surface area contributed by atoms with E-state index in [-0.39, 0.29) is 22.6 Å². The molecule has 2 N–H and O–H groups in total. The molecule has 0 aliphatic rings. The third kappa shape index (κ3) is 3.55. The Balaban J connectivity index is 2.95. The summed E-state index contributed by atoms with van der Waals surface area (Å²) < 4.78 is 0. The summed E-state index contributed by atoms with van der Waals surface area (Å²) in [4.78, 5) is 26.8. The largest absolute Gasteiger partial charge is 0.478 e. The predicted molar refractivity (Wildman–Crippen MR) is 67.6 cm³/mol. The van der Waals surface area contributed by atoms with Crippen LogP contribution in [-0.2, 0) is 0 Å². The van der Waals surface area contributed by atoms with E-state index in [1.165, 1.54) is 18.5 Å². The van der Waals surface area contributed by atoms with Crippen LogP contribution in [0, 0.1) is 0 Å². The number of carbonyl (C=O) groups is 2. The quantitative estimate of drug-likeness (QED) is 0.838. The van der Waals surface area contributed by atoms with Gasteiger partial charge in [-0.3, -0.25) is 9.78 Å². The van der Waals surface area contributed by atoms with Gasteiger partial charge in [0.1, 0.15) is 0 Å². The lowest BCUT2D eigenvalue weighted by atomic mass is 9.98. The molecule has 1 aromatic rings.